The van der Waals surface area contributed by atoms with Crippen molar-refractivity contribution >= 4 is 0 Å². The van der Waals surface area contributed by atoms with E-state index in [0.29, 0.717) is 5.56 Å². The predicted molar refractivity (Wildman–Crippen MR) is 77.6 cm³/mol. The first-order valence-corrected chi connectivity index (χ1v) is 7.24. The zero-order valence-electron chi connectivity index (χ0n) is 12.5. The number of aliphatic hydroxyl groups excluding tert-OH is 1. The lowest BCUT2D eigenvalue weighted by atomic mass is 9.81. The Bertz CT molecular complexity index is 386. The molecule has 0 aliphatic heterocycles. The van der Waals surface area contributed by atoms with E-state index in [1.807, 2.05) is 0 Å². The van der Waals surface area contributed by atoms with E-state index >= 15 is 0 Å². The van der Waals surface area contributed by atoms with Gasteiger partial charge in [-0.3, -0.25) is 4.90 Å². The molecule has 1 rings (SSSR count). The summed E-state index contributed by atoms with van der Waals surface area (Å²) in [6.07, 6.45) is 1.00. The predicted octanol–water partition coefficient (Wildman–Crippen LogP) is 3.76. The second kappa shape index (κ2) is 7.01. The highest BCUT2D eigenvalue weighted by Gasteiger charge is 2.39. The van der Waals surface area contributed by atoms with Crippen LogP contribution in [-0.2, 0) is 0 Å². The summed E-state index contributed by atoms with van der Waals surface area (Å²) in [6, 6.07) is 6.31. The molecule has 108 valence electrons. The largest absolute Gasteiger partial charge is 0.386 e. The Morgan fingerprint density at radius 1 is 1.16 bits per heavy atom. The van der Waals surface area contributed by atoms with Gasteiger partial charge in [-0.1, -0.05) is 39.8 Å². The molecular formula is C16H26FNO. The van der Waals surface area contributed by atoms with Crippen LogP contribution >= 0.6 is 0 Å². The van der Waals surface area contributed by atoms with E-state index in [0.717, 1.165) is 25.9 Å². The monoisotopic (exact) mass is 267 g/mol. The molecule has 0 fully saturated rings. The number of nitrogens with zero attached hydrogens (tertiary/aromatic N) is 1. The SMILES string of the molecule is CCN(CC)C(CC)(CC)C(O)c1cccc(F)c1. The van der Waals surface area contributed by atoms with E-state index in [9.17, 15) is 9.50 Å². The lowest BCUT2D eigenvalue weighted by Gasteiger charge is -2.46. The number of likely N-dealkylation sites (N-methyl/N-ethyl adjacent to an activating group) is 1. The van der Waals surface area contributed by atoms with Gasteiger partial charge < -0.3 is 5.11 Å². The van der Waals surface area contributed by atoms with Crippen LogP contribution in [0.15, 0.2) is 24.3 Å². The highest BCUT2D eigenvalue weighted by Crippen LogP contribution is 2.37. The molecule has 0 saturated heterocycles. The molecule has 1 atom stereocenters. The molecule has 0 heterocycles. The second-order valence-electron chi connectivity index (χ2n) is 4.94. The van der Waals surface area contributed by atoms with Crippen LogP contribution in [0.1, 0.15) is 52.2 Å². The fourth-order valence-corrected chi connectivity index (χ4v) is 3.10. The third-order valence-electron chi connectivity index (χ3n) is 4.29. The first-order valence-electron chi connectivity index (χ1n) is 7.24. The van der Waals surface area contributed by atoms with Gasteiger partial charge in [-0.25, -0.2) is 4.39 Å². The molecule has 0 aromatic heterocycles. The van der Waals surface area contributed by atoms with Crippen molar-refractivity contribution in [1.29, 1.82) is 0 Å². The molecule has 1 N–H and O–H groups in total. The smallest absolute Gasteiger partial charge is 0.123 e. The van der Waals surface area contributed by atoms with Gasteiger partial charge in [0.05, 0.1) is 11.6 Å². The summed E-state index contributed by atoms with van der Waals surface area (Å²) in [5, 5.41) is 10.8. The van der Waals surface area contributed by atoms with Gasteiger partial charge in [-0.15, -0.1) is 0 Å². The van der Waals surface area contributed by atoms with Crippen molar-refractivity contribution < 1.29 is 9.50 Å². The minimum atomic E-state index is -0.668. The summed E-state index contributed by atoms with van der Waals surface area (Å²) in [5.41, 5.74) is 0.340. The summed E-state index contributed by atoms with van der Waals surface area (Å²) in [5.74, 6) is -0.294. The van der Waals surface area contributed by atoms with Crippen molar-refractivity contribution in [2.45, 2.75) is 52.2 Å². The standard InChI is InChI=1S/C16H26FNO/c1-5-16(6-2,18(7-3)8-4)15(19)13-10-9-11-14(17)12-13/h9-12,15,19H,5-8H2,1-4H3. The minimum Gasteiger partial charge on any atom is -0.386 e. The lowest BCUT2D eigenvalue weighted by Crippen LogP contribution is -2.52. The quantitative estimate of drug-likeness (QED) is 0.813. The molecule has 0 aliphatic rings. The molecule has 1 unspecified atom stereocenters. The van der Waals surface area contributed by atoms with Gasteiger partial charge >= 0.3 is 0 Å². The van der Waals surface area contributed by atoms with Crippen LogP contribution < -0.4 is 0 Å². The van der Waals surface area contributed by atoms with Gasteiger partial charge in [0.2, 0.25) is 0 Å². The van der Waals surface area contributed by atoms with Gasteiger partial charge in [-0.2, -0.15) is 0 Å². The molecule has 1 aromatic rings. The van der Waals surface area contributed by atoms with E-state index in [-0.39, 0.29) is 11.4 Å². The van der Waals surface area contributed by atoms with Crippen LogP contribution in [0.5, 0.6) is 0 Å². The van der Waals surface area contributed by atoms with Crippen LogP contribution in [0.4, 0.5) is 4.39 Å². The number of benzene rings is 1. The number of halogens is 1. The van der Waals surface area contributed by atoms with Crippen molar-refractivity contribution in [2.75, 3.05) is 13.1 Å². The Balaban J connectivity index is 3.17. The summed E-state index contributed by atoms with van der Waals surface area (Å²) in [7, 11) is 0. The summed E-state index contributed by atoms with van der Waals surface area (Å²) in [6.45, 7) is 10.1. The zero-order chi connectivity index (χ0) is 14.5. The maximum Gasteiger partial charge on any atom is 0.123 e. The molecule has 1 aromatic carbocycles. The number of hydrogen-bond acceptors (Lipinski definition) is 2. The summed E-state index contributed by atoms with van der Waals surface area (Å²) >= 11 is 0. The van der Waals surface area contributed by atoms with Crippen LogP contribution in [0.3, 0.4) is 0 Å². The molecule has 0 saturated carbocycles. The Labute approximate surface area is 116 Å². The molecule has 0 spiro atoms. The Morgan fingerprint density at radius 2 is 1.74 bits per heavy atom. The first-order chi connectivity index (χ1) is 9.05. The number of hydrogen-bond donors (Lipinski definition) is 1. The van der Waals surface area contributed by atoms with E-state index in [1.165, 1.54) is 12.1 Å². The number of rotatable bonds is 7. The van der Waals surface area contributed by atoms with Gasteiger partial charge in [-0.05, 0) is 43.6 Å². The Kier molecular flexibility index (Phi) is 5.95. The normalized spacial score (nSPS) is 13.8. The highest BCUT2D eigenvalue weighted by molar-refractivity contribution is 5.22. The van der Waals surface area contributed by atoms with E-state index < -0.39 is 6.10 Å². The lowest BCUT2D eigenvalue weighted by molar-refractivity contribution is -0.0367. The van der Waals surface area contributed by atoms with Gasteiger partial charge in [0.15, 0.2) is 0 Å². The van der Waals surface area contributed by atoms with Crippen LogP contribution in [0.2, 0.25) is 0 Å². The molecular weight excluding hydrogens is 241 g/mol. The summed E-state index contributed by atoms with van der Waals surface area (Å²) < 4.78 is 13.4. The topological polar surface area (TPSA) is 23.5 Å². The van der Waals surface area contributed by atoms with Crippen LogP contribution in [0, 0.1) is 5.82 Å². The van der Waals surface area contributed by atoms with E-state index in [1.54, 1.807) is 12.1 Å². The average Bonchev–Trinajstić information content (AvgIpc) is 2.44. The molecule has 0 amide bonds. The summed E-state index contributed by atoms with van der Waals surface area (Å²) in [4.78, 5) is 2.28. The maximum absolute atomic E-state index is 13.4. The second-order valence-corrected chi connectivity index (χ2v) is 4.94. The van der Waals surface area contributed by atoms with E-state index in [2.05, 4.69) is 32.6 Å². The van der Waals surface area contributed by atoms with Gasteiger partial charge in [0, 0.05) is 0 Å². The van der Waals surface area contributed by atoms with Crippen molar-refractivity contribution in [3.8, 4) is 0 Å². The van der Waals surface area contributed by atoms with Crippen molar-refractivity contribution in [3.05, 3.63) is 35.6 Å². The van der Waals surface area contributed by atoms with Crippen LogP contribution in [-0.4, -0.2) is 28.6 Å². The Morgan fingerprint density at radius 3 is 2.16 bits per heavy atom. The first kappa shape index (κ1) is 16.1. The van der Waals surface area contributed by atoms with Crippen molar-refractivity contribution in [2.24, 2.45) is 0 Å². The third kappa shape index (κ3) is 3.15. The molecule has 0 aliphatic carbocycles. The maximum atomic E-state index is 13.4. The fourth-order valence-electron chi connectivity index (χ4n) is 3.10. The minimum absolute atomic E-state index is 0.294. The van der Waals surface area contributed by atoms with Gasteiger partial charge in [0.25, 0.3) is 0 Å². The zero-order valence-corrected chi connectivity index (χ0v) is 12.5. The van der Waals surface area contributed by atoms with Crippen LogP contribution in [0.25, 0.3) is 0 Å². The molecule has 0 radical (unpaired) electrons. The molecule has 3 heteroatoms. The molecule has 19 heavy (non-hydrogen) atoms. The highest BCUT2D eigenvalue weighted by atomic mass is 19.1. The Hall–Kier alpha value is -0.930. The van der Waals surface area contributed by atoms with E-state index in [4.69, 9.17) is 0 Å². The number of aliphatic hydroxyl groups is 1. The van der Waals surface area contributed by atoms with Crippen molar-refractivity contribution in [3.63, 3.8) is 0 Å². The third-order valence-corrected chi connectivity index (χ3v) is 4.29. The molecule has 2 nitrogen and oxygen atoms in total. The molecule has 0 bridgehead atoms. The van der Waals surface area contributed by atoms with Crippen molar-refractivity contribution in [1.82, 2.24) is 4.90 Å². The average molecular weight is 267 g/mol. The van der Waals surface area contributed by atoms with Gasteiger partial charge in [0.1, 0.15) is 5.82 Å². The fraction of sp³-hybridized carbons (Fsp3) is 0.625.